The minimum Gasteiger partial charge on any atom is -0.481 e. The molecule has 0 aliphatic carbocycles. The van der Waals surface area contributed by atoms with Gasteiger partial charge in [-0.25, -0.2) is 0 Å². The summed E-state index contributed by atoms with van der Waals surface area (Å²) < 4.78 is 0. The van der Waals surface area contributed by atoms with Gasteiger partial charge in [-0.2, -0.15) is 0 Å². The number of benzene rings is 2. The molecule has 0 aliphatic rings. The Balaban J connectivity index is 2.37. The third kappa shape index (κ3) is 2.25. The number of carboxylic acids is 1. The quantitative estimate of drug-likeness (QED) is 0.797. The predicted molar refractivity (Wildman–Crippen MR) is 64.4 cm³/mol. The highest BCUT2D eigenvalue weighted by Crippen LogP contribution is 2.25. The topological polar surface area (TPSA) is 49.7 Å². The SMILES string of the molecule is O=C(O)CC=Nc1cccc2ccccc12. The van der Waals surface area contributed by atoms with Crippen LogP contribution in [0.4, 0.5) is 5.69 Å². The Kier molecular flexibility index (Phi) is 2.96. The van der Waals surface area contributed by atoms with E-state index in [1.807, 2.05) is 42.5 Å². The third-order valence-electron chi connectivity index (χ3n) is 2.26. The van der Waals surface area contributed by atoms with Gasteiger partial charge in [0.15, 0.2) is 0 Å². The molecule has 0 bridgehead atoms. The minimum absolute atomic E-state index is 0.0524. The summed E-state index contributed by atoms with van der Waals surface area (Å²) in [5.41, 5.74) is 0.805. The molecular formula is C13H11NO2. The van der Waals surface area contributed by atoms with Crippen molar-refractivity contribution in [3.63, 3.8) is 0 Å². The Morgan fingerprint density at radius 3 is 2.75 bits per heavy atom. The van der Waals surface area contributed by atoms with Gasteiger partial charge in [-0.15, -0.1) is 0 Å². The van der Waals surface area contributed by atoms with Crippen molar-refractivity contribution in [1.82, 2.24) is 0 Å². The van der Waals surface area contributed by atoms with Gasteiger partial charge in [0, 0.05) is 11.6 Å². The summed E-state index contributed by atoms with van der Waals surface area (Å²) in [5.74, 6) is -0.871. The summed E-state index contributed by atoms with van der Waals surface area (Å²) in [6.45, 7) is 0. The third-order valence-corrected chi connectivity index (χ3v) is 2.26. The van der Waals surface area contributed by atoms with Gasteiger partial charge >= 0.3 is 5.97 Å². The fraction of sp³-hybridized carbons (Fsp3) is 0.0769. The van der Waals surface area contributed by atoms with Crippen LogP contribution in [0.25, 0.3) is 10.8 Å². The lowest BCUT2D eigenvalue weighted by atomic mass is 10.1. The summed E-state index contributed by atoms with van der Waals surface area (Å²) in [6.07, 6.45) is 1.37. The monoisotopic (exact) mass is 213 g/mol. The molecule has 0 unspecified atom stereocenters. The molecule has 0 heterocycles. The number of aliphatic imine (C=N–C) groups is 1. The molecule has 0 atom stereocenters. The van der Waals surface area contributed by atoms with E-state index >= 15 is 0 Å². The maximum absolute atomic E-state index is 10.4. The van der Waals surface area contributed by atoms with Crippen LogP contribution in [0.2, 0.25) is 0 Å². The van der Waals surface area contributed by atoms with Crippen LogP contribution < -0.4 is 0 Å². The summed E-state index contributed by atoms with van der Waals surface area (Å²) in [6, 6.07) is 13.7. The number of hydrogen-bond acceptors (Lipinski definition) is 2. The van der Waals surface area contributed by atoms with Gasteiger partial charge in [-0.05, 0) is 11.5 Å². The molecule has 0 fully saturated rings. The van der Waals surface area contributed by atoms with E-state index in [0.717, 1.165) is 16.5 Å². The smallest absolute Gasteiger partial charge is 0.308 e. The summed E-state index contributed by atoms with van der Waals surface area (Å²) in [4.78, 5) is 14.5. The molecule has 2 aromatic rings. The molecule has 2 rings (SSSR count). The number of hydrogen-bond donors (Lipinski definition) is 1. The standard InChI is InChI=1S/C13H11NO2/c15-13(16)8-9-14-12-7-3-5-10-4-1-2-6-11(10)12/h1-7,9H,8H2,(H,15,16). The second-order valence-corrected chi connectivity index (χ2v) is 3.41. The molecule has 0 amide bonds. The lowest BCUT2D eigenvalue weighted by Gasteiger charge is -2.00. The van der Waals surface area contributed by atoms with Gasteiger partial charge in [0.25, 0.3) is 0 Å². The normalized spacial score (nSPS) is 11.0. The largest absolute Gasteiger partial charge is 0.481 e. The molecule has 0 saturated carbocycles. The Morgan fingerprint density at radius 1 is 1.19 bits per heavy atom. The second-order valence-electron chi connectivity index (χ2n) is 3.41. The van der Waals surface area contributed by atoms with Gasteiger partial charge in [0.2, 0.25) is 0 Å². The van der Waals surface area contributed by atoms with Crippen LogP contribution in [0.15, 0.2) is 47.5 Å². The second kappa shape index (κ2) is 4.57. The number of rotatable bonds is 3. The first-order chi connectivity index (χ1) is 7.77. The van der Waals surface area contributed by atoms with Crippen molar-refractivity contribution in [2.24, 2.45) is 4.99 Å². The van der Waals surface area contributed by atoms with Crippen LogP contribution >= 0.6 is 0 Å². The number of fused-ring (bicyclic) bond motifs is 1. The highest BCUT2D eigenvalue weighted by atomic mass is 16.4. The predicted octanol–water partition coefficient (Wildman–Crippen LogP) is 3.02. The summed E-state index contributed by atoms with van der Waals surface area (Å²) in [7, 11) is 0. The van der Waals surface area contributed by atoms with Crippen molar-refractivity contribution in [3.05, 3.63) is 42.5 Å². The van der Waals surface area contributed by atoms with Gasteiger partial charge in [0.05, 0.1) is 12.1 Å². The molecule has 80 valence electrons. The number of carboxylic acid groups (broad SMARTS) is 1. The molecule has 0 radical (unpaired) electrons. The van der Waals surface area contributed by atoms with E-state index in [2.05, 4.69) is 4.99 Å². The Morgan fingerprint density at radius 2 is 1.94 bits per heavy atom. The van der Waals surface area contributed by atoms with Crippen LogP contribution in [0.5, 0.6) is 0 Å². The maximum atomic E-state index is 10.4. The van der Waals surface area contributed by atoms with Crippen LogP contribution in [-0.2, 0) is 4.79 Å². The molecular weight excluding hydrogens is 202 g/mol. The Labute approximate surface area is 93.1 Å². The zero-order valence-electron chi connectivity index (χ0n) is 8.63. The van der Waals surface area contributed by atoms with Crippen LogP contribution in [-0.4, -0.2) is 17.3 Å². The van der Waals surface area contributed by atoms with E-state index in [9.17, 15) is 4.79 Å². The van der Waals surface area contributed by atoms with Gasteiger partial charge in [-0.3, -0.25) is 9.79 Å². The van der Waals surface area contributed by atoms with Crippen molar-refractivity contribution in [2.45, 2.75) is 6.42 Å². The first-order valence-electron chi connectivity index (χ1n) is 4.99. The number of carbonyl (C=O) groups is 1. The maximum Gasteiger partial charge on any atom is 0.308 e. The molecule has 0 saturated heterocycles. The van der Waals surface area contributed by atoms with Gasteiger partial charge < -0.3 is 5.11 Å². The molecule has 16 heavy (non-hydrogen) atoms. The minimum atomic E-state index is -0.871. The fourth-order valence-corrected chi connectivity index (χ4v) is 1.54. The first-order valence-corrected chi connectivity index (χ1v) is 4.99. The van der Waals surface area contributed by atoms with Crippen LogP contribution in [0, 0.1) is 0 Å². The fourth-order valence-electron chi connectivity index (χ4n) is 1.54. The molecule has 3 heteroatoms. The lowest BCUT2D eigenvalue weighted by molar-refractivity contribution is -0.135. The summed E-state index contributed by atoms with van der Waals surface area (Å²) >= 11 is 0. The van der Waals surface area contributed by atoms with E-state index in [-0.39, 0.29) is 6.42 Å². The number of aliphatic carboxylic acids is 1. The van der Waals surface area contributed by atoms with Crippen LogP contribution in [0.3, 0.4) is 0 Å². The van der Waals surface area contributed by atoms with Gasteiger partial charge in [0.1, 0.15) is 0 Å². The van der Waals surface area contributed by atoms with Crippen molar-refractivity contribution in [3.8, 4) is 0 Å². The van der Waals surface area contributed by atoms with E-state index in [1.165, 1.54) is 6.21 Å². The molecule has 3 nitrogen and oxygen atoms in total. The van der Waals surface area contributed by atoms with E-state index in [0.29, 0.717) is 0 Å². The zero-order chi connectivity index (χ0) is 11.4. The lowest BCUT2D eigenvalue weighted by Crippen LogP contribution is -1.93. The highest BCUT2D eigenvalue weighted by Gasteiger charge is 1.97. The average Bonchev–Trinajstić information content (AvgIpc) is 2.29. The van der Waals surface area contributed by atoms with Crippen molar-refractivity contribution >= 4 is 28.6 Å². The van der Waals surface area contributed by atoms with Crippen molar-refractivity contribution in [1.29, 1.82) is 0 Å². The Bertz CT molecular complexity index is 541. The Hall–Kier alpha value is -2.16. The van der Waals surface area contributed by atoms with Crippen molar-refractivity contribution in [2.75, 3.05) is 0 Å². The first kappa shape index (κ1) is 10.4. The summed E-state index contributed by atoms with van der Waals surface area (Å²) in [5, 5.41) is 10.7. The highest BCUT2D eigenvalue weighted by molar-refractivity contribution is 5.95. The van der Waals surface area contributed by atoms with Crippen molar-refractivity contribution < 1.29 is 9.90 Å². The van der Waals surface area contributed by atoms with E-state index in [4.69, 9.17) is 5.11 Å². The van der Waals surface area contributed by atoms with E-state index < -0.39 is 5.97 Å². The molecule has 0 aromatic heterocycles. The molecule has 1 N–H and O–H groups in total. The zero-order valence-corrected chi connectivity index (χ0v) is 8.63. The van der Waals surface area contributed by atoms with Crippen LogP contribution in [0.1, 0.15) is 6.42 Å². The molecule has 0 spiro atoms. The van der Waals surface area contributed by atoms with E-state index in [1.54, 1.807) is 0 Å². The average molecular weight is 213 g/mol. The molecule has 2 aromatic carbocycles. The number of nitrogens with zero attached hydrogens (tertiary/aromatic N) is 1. The van der Waals surface area contributed by atoms with Gasteiger partial charge in [-0.1, -0.05) is 36.4 Å². The molecule has 0 aliphatic heterocycles.